The number of aromatic hydroxyl groups is 1. The summed E-state index contributed by atoms with van der Waals surface area (Å²) in [6.45, 7) is 0. The Morgan fingerprint density at radius 1 is 1.50 bits per heavy atom. The Labute approximate surface area is 129 Å². The van der Waals surface area contributed by atoms with Gasteiger partial charge in [0.15, 0.2) is 0 Å². The van der Waals surface area contributed by atoms with Crippen LogP contribution in [-0.4, -0.2) is 20.9 Å². The van der Waals surface area contributed by atoms with Gasteiger partial charge in [0.1, 0.15) is 5.01 Å². The van der Waals surface area contributed by atoms with Gasteiger partial charge < -0.3 is 10.4 Å². The molecule has 114 valence electrons. The maximum absolute atomic E-state index is 12.4. The first-order valence-corrected chi connectivity index (χ1v) is 7.62. The van der Waals surface area contributed by atoms with Gasteiger partial charge in [-0.1, -0.05) is 6.07 Å². The summed E-state index contributed by atoms with van der Waals surface area (Å²) in [5.41, 5.74) is -0.582. The minimum absolute atomic E-state index is 0.101. The third-order valence-electron chi connectivity index (χ3n) is 3.55. The summed E-state index contributed by atoms with van der Waals surface area (Å²) in [6, 6.07) is 3.68. The molecule has 22 heavy (non-hydrogen) atoms. The fourth-order valence-electron chi connectivity index (χ4n) is 2.28. The van der Waals surface area contributed by atoms with Crippen LogP contribution < -0.4 is 5.32 Å². The van der Waals surface area contributed by atoms with Crippen LogP contribution in [0.4, 0.5) is 5.69 Å². The Kier molecular flexibility index (Phi) is 3.76. The Morgan fingerprint density at radius 3 is 2.86 bits per heavy atom. The van der Waals surface area contributed by atoms with Crippen molar-refractivity contribution in [3.8, 4) is 5.75 Å². The lowest BCUT2D eigenvalue weighted by atomic mass is 10.1. The van der Waals surface area contributed by atoms with E-state index in [4.69, 9.17) is 0 Å². The second-order valence-electron chi connectivity index (χ2n) is 5.09. The summed E-state index contributed by atoms with van der Waals surface area (Å²) in [5.74, 6) is -0.817. The van der Waals surface area contributed by atoms with E-state index in [9.17, 15) is 20.0 Å². The number of nitro groups is 1. The van der Waals surface area contributed by atoms with Gasteiger partial charge in [-0.15, -0.1) is 11.3 Å². The SMILES string of the molecule is O=C(NC(c1nccs1)C1CC1)c1cccc([N+](=O)[O-])c1O. The van der Waals surface area contributed by atoms with Crippen LogP contribution >= 0.6 is 11.3 Å². The highest BCUT2D eigenvalue weighted by atomic mass is 32.1. The monoisotopic (exact) mass is 319 g/mol. The van der Waals surface area contributed by atoms with Crippen LogP contribution in [0.3, 0.4) is 0 Å². The van der Waals surface area contributed by atoms with E-state index in [0.29, 0.717) is 5.92 Å². The number of rotatable bonds is 5. The molecule has 1 unspecified atom stereocenters. The molecule has 2 N–H and O–H groups in total. The van der Waals surface area contributed by atoms with Gasteiger partial charge in [-0.25, -0.2) is 4.98 Å². The van der Waals surface area contributed by atoms with Gasteiger partial charge in [-0.3, -0.25) is 14.9 Å². The Hall–Kier alpha value is -2.48. The molecule has 1 fully saturated rings. The van der Waals surface area contributed by atoms with Gasteiger partial charge in [-0.05, 0) is 24.8 Å². The molecule has 2 aromatic rings. The van der Waals surface area contributed by atoms with Crippen LogP contribution in [-0.2, 0) is 0 Å². The van der Waals surface area contributed by atoms with Gasteiger partial charge >= 0.3 is 5.69 Å². The molecule has 1 aliphatic rings. The molecule has 0 spiro atoms. The van der Waals surface area contributed by atoms with Gasteiger partial charge in [-0.2, -0.15) is 0 Å². The van der Waals surface area contributed by atoms with Gasteiger partial charge in [0.2, 0.25) is 5.75 Å². The van der Waals surface area contributed by atoms with Crippen molar-refractivity contribution in [1.82, 2.24) is 10.3 Å². The first kappa shape index (κ1) is 14.5. The van der Waals surface area contributed by atoms with E-state index in [1.54, 1.807) is 6.20 Å². The highest BCUT2D eigenvalue weighted by molar-refractivity contribution is 7.09. The molecule has 8 heteroatoms. The third kappa shape index (κ3) is 2.77. The van der Waals surface area contributed by atoms with Crippen LogP contribution in [0.5, 0.6) is 5.75 Å². The van der Waals surface area contributed by atoms with E-state index >= 15 is 0 Å². The fourth-order valence-corrected chi connectivity index (χ4v) is 3.06. The maximum atomic E-state index is 12.4. The molecule has 0 aliphatic heterocycles. The zero-order valence-corrected chi connectivity index (χ0v) is 12.2. The van der Waals surface area contributed by atoms with Crippen molar-refractivity contribution in [2.24, 2.45) is 5.92 Å². The summed E-state index contributed by atoms with van der Waals surface area (Å²) in [7, 11) is 0. The number of aromatic nitrogens is 1. The average Bonchev–Trinajstić information content (AvgIpc) is 3.18. The van der Waals surface area contributed by atoms with E-state index in [1.807, 2.05) is 5.38 Å². The molecule has 1 aliphatic carbocycles. The lowest BCUT2D eigenvalue weighted by Gasteiger charge is -2.16. The molecule has 1 atom stereocenters. The van der Waals surface area contributed by atoms with E-state index in [0.717, 1.165) is 23.9 Å². The predicted molar refractivity (Wildman–Crippen MR) is 79.8 cm³/mol. The fraction of sp³-hybridized carbons (Fsp3) is 0.286. The number of hydrogen-bond donors (Lipinski definition) is 2. The minimum Gasteiger partial charge on any atom is -0.502 e. The number of nitro benzene ring substituents is 1. The number of amides is 1. The summed E-state index contributed by atoms with van der Waals surface area (Å²) in [6.07, 6.45) is 3.68. The lowest BCUT2D eigenvalue weighted by molar-refractivity contribution is -0.385. The lowest BCUT2D eigenvalue weighted by Crippen LogP contribution is -2.29. The molecule has 0 saturated heterocycles. The Bertz CT molecular complexity index is 713. The summed E-state index contributed by atoms with van der Waals surface area (Å²) >= 11 is 1.45. The first-order valence-electron chi connectivity index (χ1n) is 6.74. The zero-order valence-electron chi connectivity index (χ0n) is 11.4. The number of nitrogens with zero attached hydrogens (tertiary/aromatic N) is 2. The van der Waals surface area contributed by atoms with Crippen LogP contribution in [0.1, 0.15) is 34.2 Å². The molecule has 1 aromatic heterocycles. The smallest absolute Gasteiger partial charge is 0.311 e. The zero-order chi connectivity index (χ0) is 15.7. The molecule has 7 nitrogen and oxygen atoms in total. The molecule has 3 rings (SSSR count). The standard InChI is InChI=1S/C14H13N3O4S/c18-12-9(2-1-3-10(12)17(20)21)13(19)16-11(8-4-5-8)14-15-6-7-22-14/h1-3,6-8,11,18H,4-5H2,(H,16,19). The second kappa shape index (κ2) is 5.72. The molecular weight excluding hydrogens is 306 g/mol. The quantitative estimate of drug-likeness (QED) is 0.651. The number of hydrogen-bond acceptors (Lipinski definition) is 6. The van der Waals surface area contributed by atoms with Crippen LogP contribution in [0, 0.1) is 16.0 Å². The topological polar surface area (TPSA) is 105 Å². The molecule has 1 saturated carbocycles. The largest absolute Gasteiger partial charge is 0.502 e. The van der Waals surface area contributed by atoms with Crippen molar-refractivity contribution >= 4 is 22.9 Å². The highest BCUT2D eigenvalue weighted by Crippen LogP contribution is 2.42. The normalized spacial score (nSPS) is 15.3. The number of thiazole rings is 1. The maximum Gasteiger partial charge on any atom is 0.311 e. The van der Waals surface area contributed by atoms with E-state index in [-0.39, 0.29) is 11.6 Å². The van der Waals surface area contributed by atoms with Crippen LogP contribution in [0.15, 0.2) is 29.8 Å². The number of para-hydroxylation sites is 1. The van der Waals surface area contributed by atoms with Crippen LogP contribution in [0.2, 0.25) is 0 Å². The third-order valence-corrected chi connectivity index (χ3v) is 4.41. The number of phenols is 1. The Balaban J connectivity index is 1.85. The summed E-state index contributed by atoms with van der Waals surface area (Å²) < 4.78 is 0. The first-order chi connectivity index (χ1) is 10.6. The van der Waals surface area contributed by atoms with Gasteiger partial charge in [0.05, 0.1) is 16.5 Å². The number of carbonyl (C=O) groups is 1. The molecule has 1 amide bonds. The average molecular weight is 319 g/mol. The number of benzene rings is 1. The molecule has 1 heterocycles. The Morgan fingerprint density at radius 2 is 2.27 bits per heavy atom. The van der Waals surface area contributed by atoms with Crippen LogP contribution in [0.25, 0.3) is 0 Å². The second-order valence-corrected chi connectivity index (χ2v) is 6.02. The molecule has 0 radical (unpaired) electrons. The van der Waals surface area contributed by atoms with E-state index in [1.165, 1.54) is 23.5 Å². The summed E-state index contributed by atoms with van der Waals surface area (Å²) in [4.78, 5) is 26.7. The molecule has 0 bridgehead atoms. The van der Waals surface area contributed by atoms with Crippen molar-refractivity contribution in [3.05, 3.63) is 50.5 Å². The number of phenolic OH excluding ortho intramolecular Hbond substituents is 1. The molecule has 1 aromatic carbocycles. The highest BCUT2D eigenvalue weighted by Gasteiger charge is 2.35. The number of nitrogens with one attached hydrogen (secondary N) is 1. The molecular formula is C14H13N3O4S. The van der Waals surface area contributed by atoms with E-state index < -0.39 is 22.3 Å². The van der Waals surface area contributed by atoms with Crippen molar-refractivity contribution in [3.63, 3.8) is 0 Å². The van der Waals surface area contributed by atoms with Crippen molar-refractivity contribution in [2.75, 3.05) is 0 Å². The summed E-state index contributed by atoms with van der Waals surface area (Å²) in [5, 5.41) is 26.2. The van der Waals surface area contributed by atoms with E-state index in [2.05, 4.69) is 10.3 Å². The van der Waals surface area contributed by atoms with Crippen molar-refractivity contribution < 1.29 is 14.8 Å². The van der Waals surface area contributed by atoms with Crippen molar-refractivity contribution in [1.29, 1.82) is 0 Å². The minimum atomic E-state index is -0.717. The van der Waals surface area contributed by atoms with Crippen molar-refractivity contribution in [2.45, 2.75) is 18.9 Å². The van der Waals surface area contributed by atoms with Gasteiger partial charge in [0, 0.05) is 17.6 Å². The predicted octanol–water partition coefficient (Wildman–Crippen LogP) is 2.64. The number of carbonyl (C=O) groups excluding carboxylic acids is 1. The van der Waals surface area contributed by atoms with Gasteiger partial charge in [0.25, 0.3) is 5.91 Å².